The molecule has 0 bridgehead atoms. The number of benzene rings is 1. The molecule has 19 heavy (non-hydrogen) atoms. The standard InChI is InChI=1S/C16H18O2S/c1-4-5-7-12-16(13-14(2)3)19(17,18)15-10-8-6-9-11-15/h1,6,8-11H,5,7,12H2,2-3H3. The highest BCUT2D eigenvalue weighted by Gasteiger charge is 2.19. The normalized spacial score (nSPS) is 10.4. The minimum absolute atomic E-state index is 0.305. The summed E-state index contributed by atoms with van der Waals surface area (Å²) in [7, 11) is -3.46. The van der Waals surface area contributed by atoms with Gasteiger partial charge in [-0.05, 0) is 44.4 Å². The van der Waals surface area contributed by atoms with Gasteiger partial charge >= 0.3 is 0 Å². The van der Waals surface area contributed by atoms with Crippen molar-refractivity contribution in [2.24, 2.45) is 0 Å². The van der Waals surface area contributed by atoms with Crippen LogP contribution in [0.15, 0.2) is 51.4 Å². The molecular weight excluding hydrogens is 256 g/mol. The van der Waals surface area contributed by atoms with Crippen molar-refractivity contribution in [3.63, 3.8) is 0 Å². The second-order valence-electron chi connectivity index (χ2n) is 4.42. The van der Waals surface area contributed by atoms with Crippen molar-refractivity contribution in [1.29, 1.82) is 0 Å². The van der Waals surface area contributed by atoms with E-state index in [2.05, 4.69) is 11.7 Å². The van der Waals surface area contributed by atoms with Gasteiger partial charge in [-0.2, -0.15) is 0 Å². The summed E-state index contributed by atoms with van der Waals surface area (Å²) in [4.78, 5) is 0.619. The predicted octanol–water partition coefficient (Wildman–Crippen LogP) is 3.71. The Morgan fingerprint density at radius 2 is 1.84 bits per heavy atom. The van der Waals surface area contributed by atoms with Crippen LogP contribution in [-0.4, -0.2) is 8.42 Å². The van der Waals surface area contributed by atoms with Crippen LogP contribution in [0.3, 0.4) is 0 Å². The highest BCUT2D eigenvalue weighted by Crippen LogP contribution is 2.22. The fraction of sp³-hybridized carbons (Fsp3) is 0.312. The second kappa shape index (κ2) is 6.99. The van der Waals surface area contributed by atoms with Gasteiger partial charge in [-0.1, -0.05) is 18.2 Å². The number of hydrogen-bond acceptors (Lipinski definition) is 2. The van der Waals surface area contributed by atoms with E-state index in [0.29, 0.717) is 29.1 Å². The molecule has 0 aliphatic rings. The molecule has 100 valence electrons. The van der Waals surface area contributed by atoms with Crippen molar-refractivity contribution in [1.82, 2.24) is 0 Å². The summed E-state index contributed by atoms with van der Waals surface area (Å²) in [6.07, 6.45) is 6.84. The van der Waals surface area contributed by atoms with Crippen LogP contribution in [0.4, 0.5) is 0 Å². The zero-order valence-electron chi connectivity index (χ0n) is 11.3. The Bertz CT molecular complexity index is 621. The summed E-state index contributed by atoms with van der Waals surface area (Å²) in [6, 6.07) is 8.43. The first kappa shape index (κ1) is 15.3. The van der Waals surface area contributed by atoms with E-state index in [-0.39, 0.29) is 0 Å². The van der Waals surface area contributed by atoms with Gasteiger partial charge in [-0.25, -0.2) is 8.42 Å². The van der Waals surface area contributed by atoms with Gasteiger partial charge in [0, 0.05) is 6.42 Å². The van der Waals surface area contributed by atoms with E-state index < -0.39 is 9.84 Å². The fourth-order valence-corrected chi connectivity index (χ4v) is 3.19. The Kier molecular flexibility index (Phi) is 5.63. The summed E-state index contributed by atoms with van der Waals surface area (Å²) in [5, 5.41) is 0. The van der Waals surface area contributed by atoms with Gasteiger partial charge in [0.15, 0.2) is 0 Å². The topological polar surface area (TPSA) is 34.1 Å². The molecule has 0 aliphatic carbocycles. The first-order valence-corrected chi connectivity index (χ1v) is 7.63. The average Bonchev–Trinajstić information content (AvgIpc) is 2.38. The second-order valence-corrected chi connectivity index (χ2v) is 6.39. The highest BCUT2D eigenvalue weighted by molar-refractivity contribution is 7.95. The molecule has 0 aliphatic heterocycles. The number of sulfone groups is 1. The van der Waals surface area contributed by atoms with Crippen molar-refractivity contribution in [3.05, 3.63) is 46.5 Å². The van der Waals surface area contributed by atoms with Gasteiger partial charge in [0.1, 0.15) is 0 Å². The zero-order chi connectivity index (χ0) is 14.3. The highest BCUT2D eigenvalue weighted by atomic mass is 32.2. The van der Waals surface area contributed by atoms with Gasteiger partial charge in [-0.15, -0.1) is 18.1 Å². The summed E-state index contributed by atoms with van der Waals surface area (Å²) >= 11 is 0. The van der Waals surface area contributed by atoms with Gasteiger partial charge in [-0.3, -0.25) is 0 Å². The van der Waals surface area contributed by atoms with Crippen LogP contribution in [0.5, 0.6) is 0 Å². The Labute approximate surface area is 115 Å². The van der Waals surface area contributed by atoms with Crippen LogP contribution in [-0.2, 0) is 9.84 Å². The van der Waals surface area contributed by atoms with E-state index in [0.717, 1.165) is 5.57 Å². The SMILES string of the molecule is C#CCCCC(=C=C(C)C)S(=O)(=O)c1ccccc1. The van der Waals surface area contributed by atoms with Crippen LogP contribution >= 0.6 is 0 Å². The maximum atomic E-state index is 12.5. The molecule has 0 fully saturated rings. The fourth-order valence-electron chi connectivity index (χ4n) is 1.64. The third-order valence-corrected chi connectivity index (χ3v) is 4.34. The number of hydrogen-bond donors (Lipinski definition) is 0. The lowest BCUT2D eigenvalue weighted by Crippen LogP contribution is -2.04. The molecule has 1 rings (SSSR count). The smallest absolute Gasteiger partial charge is 0.210 e. The number of terminal acetylenes is 1. The Morgan fingerprint density at radius 3 is 2.37 bits per heavy atom. The molecular formula is C16H18O2S. The first-order chi connectivity index (χ1) is 8.98. The predicted molar refractivity (Wildman–Crippen MR) is 78.2 cm³/mol. The van der Waals surface area contributed by atoms with E-state index in [1.165, 1.54) is 0 Å². The first-order valence-electron chi connectivity index (χ1n) is 6.15. The lowest BCUT2D eigenvalue weighted by Gasteiger charge is -2.06. The summed E-state index contributed by atoms with van der Waals surface area (Å²) in [6.45, 7) is 3.67. The lowest BCUT2D eigenvalue weighted by atomic mass is 10.2. The number of rotatable bonds is 5. The third-order valence-electron chi connectivity index (χ3n) is 2.49. The van der Waals surface area contributed by atoms with Gasteiger partial charge in [0.2, 0.25) is 9.84 Å². The molecule has 0 saturated heterocycles. The molecule has 0 N–H and O–H groups in total. The van der Waals surface area contributed by atoms with E-state index in [4.69, 9.17) is 6.42 Å². The van der Waals surface area contributed by atoms with Crippen LogP contribution < -0.4 is 0 Å². The quantitative estimate of drug-likeness (QED) is 0.466. The van der Waals surface area contributed by atoms with Crippen LogP contribution in [0.2, 0.25) is 0 Å². The maximum absolute atomic E-state index is 12.5. The molecule has 0 heterocycles. The molecule has 1 aromatic carbocycles. The maximum Gasteiger partial charge on any atom is 0.210 e. The van der Waals surface area contributed by atoms with Crippen molar-refractivity contribution in [3.8, 4) is 12.3 Å². The molecule has 0 spiro atoms. The summed E-state index contributed by atoms with van der Waals surface area (Å²) in [5.41, 5.74) is 3.80. The minimum atomic E-state index is -3.46. The molecule has 0 aromatic heterocycles. The molecule has 0 amide bonds. The molecule has 1 aromatic rings. The molecule has 0 radical (unpaired) electrons. The lowest BCUT2D eigenvalue weighted by molar-refractivity contribution is 0.599. The monoisotopic (exact) mass is 274 g/mol. The van der Waals surface area contributed by atoms with Crippen molar-refractivity contribution in [2.45, 2.75) is 38.0 Å². The summed E-state index contributed by atoms with van der Waals surface area (Å²) in [5.74, 6) is 2.52. The van der Waals surface area contributed by atoms with Crippen molar-refractivity contribution < 1.29 is 8.42 Å². The van der Waals surface area contributed by atoms with E-state index in [1.54, 1.807) is 30.3 Å². The Hall–Kier alpha value is -1.75. The van der Waals surface area contributed by atoms with Gasteiger partial charge in [0.25, 0.3) is 0 Å². The van der Waals surface area contributed by atoms with Gasteiger partial charge in [0.05, 0.1) is 9.80 Å². The third kappa shape index (κ3) is 4.44. The zero-order valence-corrected chi connectivity index (χ0v) is 12.1. The van der Waals surface area contributed by atoms with E-state index in [9.17, 15) is 8.42 Å². The molecule has 0 atom stereocenters. The minimum Gasteiger partial charge on any atom is -0.218 e. The molecule has 3 heteroatoms. The molecule has 2 nitrogen and oxygen atoms in total. The van der Waals surface area contributed by atoms with Crippen LogP contribution in [0, 0.1) is 12.3 Å². The van der Waals surface area contributed by atoms with Gasteiger partial charge < -0.3 is 0 Å². The van der Waals surface area contributed by atoms with E-state index in [1.807, 2.05) is 13.8 Å². The van der Waals surface area contributed by atoms with Crippen LogP contribution in [0.25, 0.3) is 0 Å². The van der Waals surface area contributed by atoms with Crippen LogP contribution in [0.1, 0.15) is 33.1 Å². The van der Waals surface area contributed by atoms with E-state index >= 15 is 0 Å². The number of unbranched alkanes of at least 4 members (excludes halogenated alkanes) is 1. The summed E-state index contributed by atoms with van der Waals surface area (Å²) < 4.78 is 25.0. The van der Waals surface area contributed by atoms with Crippen molar-refractivity contribution >= 4 is 9.84 Å². The largest absolute Gasteiger partial charge is 0.218 e. The molecule has 0 saturated carbocycles. The average molecular weight is 274 g/mol. The van der Waals surface area contributed by atoms with Crippen molar-refractivity contribution in [2.75, 3.05) is 0 Å². The Balaban J connectivity index is 3.20. The Morgan fingerprint density at radius 1 is 1.21 bits per heavy atom. The molecule has 0 unspecified atom stereocenters. The number of allylic oxidation sites excluding steroid dienone is 1.